The molecule has 0 saturated carbocycles. The maximum Gasteiger partial charge on any atom is 0.351 e. The van der Waals surface area contributed by atoms with Gasteiger partial charge in [-0.05, 0) is 41.8 Å². The lowest BCUT2D eigenvalue weighted by Crippen LogP contribution is -2.41. The molecule has 5 rings (SSSR count). The molecular weight excluding hydrogens is 497 g/mol. The van der Waals surface area contributed by atoms with Crippen molar-refractivity contribution in [2.45, 2.75) is 37.4 Å². The van der Waals surface area contributed by atoms with Gasteiger partial charge >= 0.3 is 5.69 Å². The second-order valence-electron chi connectivity index (χ2n) is 9.87. The Balaban J connectivity index is 1.63. The molecule has 200 valence electrons. The molecule has 8 heteroatoms. The van der Waals surface area contributed by atoms with Crippen LogP contribution >= 0.6 is 0 Å². The van der Waals surface area contributed by atoms with Crippen LogP contribution in [0.3, 0.4) is 0 Å². The van der Waals surface area contributed by atoms with Crippen molar-refractivity contribution in [3.63, 3.8) is 0 Å². The molecule has 1 aromatic heterocycles. The van der Waals surface area contributed by atoms with Gasteiger partial charge in [-0.3, -0.25) is 4.57 Å². The van der Waals surface area contributed by atoms with Crippen molar-refractivity contribution in [1.29, 1.82) is 0 Å². The molecule has 0 radical (unpaired) electrons. The highest BCUT2D eigenvalue weighted by Gasteiger charge is 2.53. The van der Waals surface area contributed by atoms with Gasteiger partial charge in [0.2, 0.25) is 0 Å². The van der Waals surface area contributed by atoms with Gasteiger partial charge in [-0.2, -0.15) is 4.98 Å². The number of hydrogen-bond acceptors (Lipinski definition) is 6. The Bertz CT molecular complexity index is 1450. The third-order valence-corrected chi connectivity index (χ3v) is 7.62. The fourth-order valence-corrected chi connectivity index (χ4v) is 5.22. The highest BCUT2D eigenvalue weighted by molar-refractivity contribution is 5.59. The summed E-state index contributed by atoms with van der Waals surface area (Å²) in [6, 6.07) is 29.0. The molecule has 1 aliphatic heterocycles. The van der Waals surface area contributed by atoms with Crippen molar-refractivity contribution in [2.75, 3.05) is 12.4 Å². The minimum atomic E-state index is -1.94. The molecule has 1 saturated heterocycles. The molecule has 2 heterocycles. The molecule has 1 N–H and O–H groups in total. The number of nitrogens with zero attached hydrogens (tertiary/aromatic N) is 2. The summed E-state index contributed by atoms with van der Waals surface area (Å²) in [4.78, 5) is 29.0. The van der Waals surface area contributed by atoms with E-state index in [0.717, 1.165) is 21.3 Å². The maximum atomic E-state index is 15.6. The summed E-state index contributed by atoms with van der Waals surface area (Å²) in [6.45, 7) is 2.93. The Kier molecular flexibility index (Phi) is 7.06. The van der Waals surface area contributed by atoms with E-state index in [9.17, 15) is 9.59 Å². The van der Waals surface area contributed by atoms with E-state index >= 15 is 4.39 Å². The molecule has 0 unspecified atom stereocenters. The second-order valence-corrected chi connectivity index (χ2v) is 9.87. The predicted molar refractivity (Wildman–Crippen MR) is 147 cm³/mol. The van der Waals surface area contributed by atoms with Gasteiger partial charge in [-0.1, -0.05) is 79.7 Å². The molecule has 0 bridgehead atoms. The number of carbonyl (C=O) groups is 1. The highest BCUT2D eigenvalue weighted by atomic mass is 19.1. The van der Waals surface area contributed by atoms with Gasteiger partial charge in [-0.25, -0.2) is 9.18 Å². The van der Waals surface area contributed by atoms with Gasteiger partial charge in [0.25, 0.3) is 0 Å². The molecule has 39 heavy (non-hydrogen) atoms. The zero-order valence-electron chi connectivity index (χ0n) is 22.0. The molecule has 0 amide bonds. The first-order chi connectivity index (χ1) is 18.8. The van der Waals surface area contributed by atoms with E-state index in [1.54, 1.807) is 20.1 Å². The van der Waals surface area contributed by atoms with Crippen LogP contribution in [0.4, 0.5) is 10.2 Å². The SMILES string of the molecule is COc1ccc(C(Nc2ccn([C@@H]3O[C@H](C=O)[C@@H](C)[C@@]3(C)F)c(=O)n2)(c2ccccc2)c2ccccc2)cc1. The molecule has 4 atom stereocenters. The number of ether oxygens (including phenoxy) is 2. The Morgan fingerprint density at radius 2 is 1.54 bits per heavy atom. The van der Waals surface area contributed by atoms with Crippen LogP contribution in [0.5, 0.6) is 5.75 Å². The normalized spacial score (nSPS) is 22.8. The van der Waals surface area contributed by atoms with Gasteiger partial charge < -0.3 is 19.6 Å². The van der Waals surface area contributed by atoms with E-state index in [2.05, 4.69) is 10.3 Å². The summed E-state index contributed by atoms with van der Waals surface area (Å²) >= 11 is 0. The Morgan fingerprint density at radius 1 is 0.974 bits per heavy atom. The number of aromatic nitrogens is 2. The Morgan fingerprint density at radius 3 is 2.03 bits per heavy atom. The van der Waals surface area contributed by atoms with Crippen LogP contribution in [-0.4, -0.2) is 34.7 Å². The van der Waals surface area contributed by atoms with Crippen LogP contribution in [0, 0.1) is 5.92 Å². The number of halogens is 1. The summed E-state index contributed by atoms with van der Waals surface area (Å²) < 4.78 is 27.7. The van der Waals surface area contributed by atoms with Crippen molar-refractivity contribution in [2.24, 2.45) is 5.92 Å². The van der Waals surface area contributed by atoms with Gasteiger partial charge in [0, 0.05) is 12.1 Å². The lowest BCUT2D eigenvalue weighted by molar-refractivity contribution is -0.121. The second kappa shape index (κ2) is 10.5. The number of alkyl halides is 1. The first-order valence-corrected chi connectivity index (χ1v) is 12.7. The number of carbonyl (C=O) groups excluding carboxylic acids is 1. The summed E-state index contributed by atoms with van der Waals surface area (Å²) in [7, 11) is 1.61. The fourth-order valence-electron chi connectivity index (χ4n) is 5.22. The Hall–Kier alpha value is -4.30. The molecule has 0 aliphatic carbocycles. The zero-order chi connectivity index (χ0) is 27.6. The topological polar surface area (TPSA) is 82.5 Å². The average molecular weight is 528 g/mol. The van der Waals surface area contributed by atoms with Gasteiger partial charge in [0.1, 0.15) is 29.5 Å². The maximum absolute atomic E-state index is 15.6. The van der Waals surface area contributed by atoms with Crippen LogP contribution in [-0.2, 0) is 15.1 Å². The first-order valence-electron chi connectivity index (χ1n) is 12.7. The average Bonchev–Trinajstić information content (AvgIpc) is 3.20. The van der Waals surface area contributed by atoms with Crippen molar-refractivity contribution in [1.82, 2.24) is 9.55 Å². The van der Waals surface area contributed by atoms with E-state index in [4.69, 9.17) is 9.47 Å². The van der Waals surface area contributed by atoms with Crippen LogP contribution in [0.2, 0.25) is 0 Å². The molecule has 4 aromatic rings. The largest absolute Gasteiger partial charge is 0.497 e. The molecule has 1 fully saturated rings. The molecule has 0 spiro atoms. The first kappa shape index (κ1) is 26.3. The van der Waals surface area contributed by atoms with Crippen LogP contribution < -0.4 is 15.7 Å². The van der Waals surface area contributed by atoms with Crippen LogP contribution in [0.1, 0.15) is 36.8 Å². The lowest BCUT2D eigenvalue weighted by atomic mass is 9.77. The zero-order valence-corrected chi connectivity index (χ0v) is 22.0. The number of methoxy groups -OCH3 is 1. The minimum absolute atomic E-state index is 0.290. The molecule has 1 aliphatic rings. The Labute approximate surface area is 226 Å². The lowest BCUT2D eigenvalue weighted by Gasteiger charge is -2.37. The number of hydrogen-bond donors (Lipinski definition) is 1. The van der Waals surface area contributed by atoms with Crippen LogP contribution in [0.15, 0.2) is 102 Å². The smallest absolute Gasteiger partial charge is 0.351 e. The van der Waals surface area contributed by atoms with E-state index in [-0.39, 0.29) is 0 Å². The predicted octanol–water partition coefficient (Wildman–Crippen LogP) is 5.12. The van der Waals surface area contributed by atoms with Crippen molar-refractivity contribution in [3.8, 4) is 5.75 Å². The van der Waals surface area contributed by atoms with E-state index in [0.29, 0.717) is 17.9 Å². The van der Waals surface area contributed by atoms with Gasteiger partial charge in [-0.15, -0.1) is 0 Å². The van der Waals surface area contributed by atoms with Gasteiger partial charge in [0.05, 0.1) is 7.11 Å². The van der Waals surface area contributed by atoms with Crippen molar-refractivity contribution >= 4 is 12.1 Å². The number of aldehydes is 1. The van der Waals surface area contributed by atoms with Crippen molar-refractivity contribution < 1.29 is 18.7 Å². The van der Waals surface area contributed by atoms with Crippen molar-refractivity contribution in [3.05, 3.63) is 124 Å². The number of rotatable bonds is 8. The van der Waals surface area contributed by atoms with E-state index in [1.165, 1.54) is 13.1 Å². The van der Waals surface area contributed by atoms with Gasteiger partial charge in [0.15, 0.2) is 11.9 Å². The minimum Gasteiger partial charge on any atom is -0.497 e. The third-order valence-electron chi connectivity index (χ3n) is 7.62. The monoisotopic (exact) mass is 527 g/mol. The summed E-state index contributed by atoms with van der Waals surface area (Å²) in [5.41, 5.74) is -0.832. The molecule has 3 aromatic carbocycles. The van der Waals surface area contributed by atoms with E-state index < -0.39 is 35.1 Å². The van der Waals surface area contributed by atoms with Crippen LogP contribution in [0.25, 0.3) is 0 Å². The van der Waals surface area contributed by atoms with E-state index in [1.807, 2.05) is 84.9 Å². The number of anilines is 1. The summed E-state index contributed by atoms with van der Waals surface area (Å²) in [5, 5.41) is 3.53. The molecular formula is C31H30FN3O4. The fraction of sp³-hybridized carbons (Fsp3) is 0.258. The summed E-state index contributed by atoms with van der Waals surface area (Å²) in [5.74, 6) is 0.282. The number of benzene rings is 3. The quantitative estimate of drug-likeness (QED) is 0.253. The molecule has 7 nitrogen and oxygen atoms in total. The standard InChI is InChI=1S/C31H30FN3O4/c1-21-26(20-36)39-28(30(21,2)32)35-19-18-27(33-29(35)37)34-31(22-10-6-4-7-11-22,23-12-8-5-9-13-23)24-14-16-25(38-3)17-15-24/h4-21,26,28H,1-3H3,(H,33,34,37)/t21-,26-,28-,30-/m1/s1. The number of nitrogens with one attached hydrogen (secondary N) is 1. The highest BCUT2D eigenvalue weighted by Crippen LogP contribution is 2.44. The summed E-state index contributed by atoms with van der Waals surface area (Å²) in [6.07, 6.45) is -0.200. The third kappa shape index (κ3) is 4.61.